The fourth-order valence-electron chi connectivity index (χ4n) is 2.90. The first kappa shape index (κ1) is 20.6. The zero-order valence-corrected chi connectivity index (χ0v) is 13.2. The highest BCUT2D eigenvalue weighted by molar-refractivity contribution is 5.85. The normalized spacial score (nSPS) is 24.8. The van der Waals surface area contributed by atoms with Crippen LogP contribution in [0.3, 0.4) is 0 Å². The van der Waals surface area contributed by atoms with Gasteiger partial charge in [0.2, 0.25) is 5.91 Å². The van der Waals surface area contributed by atoms with Gasteiger partial charge in [-0.2, -0.15) is 8.78 Å². The number of nitrogens with zero attached hydrogens (tertiary/aromatic N) is 1. The number of hydrogen-bond donors (Lipinski definition) is 1. The number of carbonyl (C=O) groups excluding carboxylic acids is 1. The van der Waals surface area contributed by atoms with Crippen molar-refractivity contribution in [1.82, 2.24) is 4.90 Å². The van der Waals surface area contributed by atoms with E-state index in [4.69, 9.17) is 5.73 Å². The topological polar surface area (TPSA) is 46.3 Å². The van der Waals surface area contributed by atoms with E-state index < -0.39 is 59.6 Å². The van der Waals surface area contributed by atoms with Gasteiger partial charge >= 0.3 is 6.05 Å². The van der Waals surface area contributed by atoms with Crippen molar-refractivity contribution in [3.05, 3.63) is 35.1 Å². The van der Waals surface area contributed by atoms with Gasteiger partial charge in [0.1, 0.15) is 5.82 Å². The van der Waals surface area contributed by atoms with E-state index >= 15 is 0 Å². The number of carbonyl (C=O) groups is 1. The Labute approximate surface area is 140 Å². The number of likely N-dealkylation sites (tertiary alicyclic amines) is 1. The first-order valence-corrected chi connectivity index (χ1v) is 6.77. The molecule has 1 aromatic rings. The maximum Gasteiger partial charge on any atom is 0.356 e. The van der Waals surface area contributed by atoms with Gasteiger partial charge in [0, 0.05) is 17.5 Å². The Balaban J connectivity index is 0.00000288. The molecule has 0 spiro atoms. The standard InChI is InChI=1S/C14H14F6N2O.ClH/c1-6-7(11-8(16)2-3-9(17)12(11)18)4-10(21)13(23)22(6)14(19,20)5-15;/h2-3,6-7,10H,4-5,21H2,1H3;1H/t6-,7-,10+;/m1./s1. The molecule has 1 amide bonds. The SMILES string of the molecule is C[C@@H]1[C@H](c2c(F)ccc(F)c2F)C[C@H](N)C(=O)N1C(F)(F)CF.Cl. The van der Waals surface area contributed by atoms with E-state index in [1.54, 1.807) is 0 Å². The Bertz CT molecular complexity index is 630. The molecule has 1 fully saturated rings. The molecule has 10 heteroatoms. The highest BCUT2D eigenvalue weighted by atomic mass is 35.5. The molecule has 0 aromatic heterocycles. The van der Waals surface area contributed by atoms with Crippen molar-refractivity contribution < 1.29 is 31.1 Å². The fraction of sp³-hybridized carbons (Fsp3) is 0.500. The second-order valence-corrected chi connectivity index (χ2v) is 5.45. The third-order valence-electron chi connectivity index (χ3n) is 4.02. The van der Waals surface area contributed by atoms with Crippen LogP contribution in [0.5, 0.6) is 0 Å². The van der Waals surface area contributed by atoms with Crippen molar-refractivity contribution in [1.29, 1.82) is 0 Å². The molecule has 1 aliphatic heterocycles. The van der Waals surface area contributed by atoms with Gasteiger partial charge in [0.15, 0.2) is 18.3 Å². The zero-order chi connectivity index (χ0) is 17.5. The summed E-state index contributed by atoms with van der Waals surface area (Å²) in [6, 6.07) is -5.94. The summed E-state index contributed by atoms with van der Waals surface area (Å²) in [5.41, 5.74) is 4.68. The van der Waals surface area contributed by atoms with Crippen molar-refractivity contribution in [2.45, 2.75) is 37.4 Å². The van der Waals surface area contributed by atoms with Crippen LogP contribution in [-0.4, -0.2) is 35.6 Å². The Kier molecular flexibility index (Phi) is 6.15. The summed E-state index contributed by atoms with van der Waals surface area (Å²) in [4.78, 5) is 11.7. The first-order valence-electron chi connectivity index (χ1n) is 6.77. The van der Waals surface area contributed by atoms with Gasteiger partial charge in [0.25, 0.3) is 0 Å². The largest absolute Gasteiger partial charge is 0.356 e. The van der Waals surface area contributed by atoms with Crippen molar-refractivity contribution in [2.24, 2.45) is 5.73 Å². The third kappa shape index (κ3) is 3.32. The van der Waals surface area contributed by atoms with E-state index in [2.05, 4.69) is 0 Å². The number of nitrogens with two attached hydrogens (primary N) is 1. The van der Waals surface area contributed by atoms with E-state index in [-0.39, 0.29) is 23.7 Å². The van der Waals surface area contributed by atoms with E-state index in [1.807, 2.05) is 0 Å². The summed E-state index contributed by atoms with van der Waals surface area (Å²) in [6.07, 6.45) is -0.365. The number of benzene rings is 1. The Morgan fingerprint density at radius 1 is 1.25 bits per heavy atom. The summed E-state index contributed by atoms with van der Waals surface area (Å²) in [6.45, 7) is -1.08. The van der Waals surface area contributed by atoms with Crippen LogP contribution in [0.15, 0.2) is 12.1 Å². The van der Waals surface area contributed by atoms with Gasteiger partial charge < -0.3 is 5.73 Å². The predicted octanol–water partition coefficient (Wildman–Crippen LogP) is 3.12. The minimum atomic E-state index is -4.17. The van der Waals surface area contributed by atoms with Crippen molar-refractivity contribution in [3.63, 3.8) is 0 Å². The molecule has 1 saturated heterocycles. The van der Waals surface area contributed by atoms with Crippen LogP contribution in [0, 0.1) is 17.5 Å². The molecule has 0 unspecified atom stereocenters. The third-order valence-corrected chi connectivity index (χ3v) is 4.02. The van der Waals surface area contributed by atoms with Crippen LogP contribution < -0.4 is 5.73 Å². The smallest absolute Gasteiger partial charge is 0.320 e. The number of alkyl halides is 3. The van der Waals surface area contributed by atoms with Crippen LogP contribution in [-0.2, 0) is 4.79 Å². The van der Waals surface area contributed by atoms with Crippen LogP contribution in [0.2, 0.25) is 0 Å². The molecule has 2 rings (SSSR count). The molecule has 136 valence electrons. The van der Waals surface area contributed by atoms with Crippen LogP contribution >= 0.6 is 12.4 Å². The van der Waals surface area contributed by atoms with Crippen LogP contribution in [0.1, 0.15) is 24.8 Å². The van der Waals surface area contributed by atoms with Gasteiger partial charge in [-0.15, -0.1) is 12.4 Å². The minimum absolute atomic E-state index is 0. The summed E-state index contributed by atoms with van der Waals surface area (Å²) in [5, 5.41) is 0. The fourth-order valence-corrected chi connectivity index (χ4v) is 2.90. The lowest BCUT2D eigenvalue weighted by Crippen LogP contribution is -2.62. The second-order valence-electron chi connectivity index (χ2n) is 5.45. The van der Waals surface area contributed by atoms with Crippen LogP contribution in [0.25, 0.3) is 0 Å². The Hall–Kier alpha value is -1.48. The maximum atomic E-state index is 13.9. The summed E-state index contributed by atoms with van der Waals surface area (Å²) >= 11 is 0. The predicted molar refractivity (Wildman–Crippen MR) is 76.1 cm³/mol. The Morgan fingerprint density at radius 2 is 1.79 bits per heavy atom. The molecule has 0 saturated carbocycles. The molecule has 1 aliphatic rings. The lowest BCUT2D eigenvalue weighted by molar-refractivity contribution is -0.197. The quantitative estimate of drug-likeness (QED) is 0.500. The van der Waals surface area contributed by atoms with E-state index in [1.165, 1.54) is 0 Å². The van der Waals surface area contributed by atoms with E-state index in [0.717, 1.165) is 6.92 Å². The number of hydrogen-bond acceptors (Lipinski definition) is 2. The summed E-state index contributed by atoms with van der Waals surface area (Å²) in [5.74, 6) is -6.61. The average molecular weight is 377 g/mol. The number of piperidine rings is 1. The molecule has 1 heterocycles. The van der Waals surface area contributed by atoms with Crippen molar-refractivity contribution in [2.75, 3.05) is 6.67 Å². The number of amides is 1. The van der Waals surface area contributed by atoms with Gasteiger partial charge in [-0.25, -0.2) is 17.6 Å². The summed E-state index contributed by atoms with van der Waals surface area (Å²) < 4.78 is 81.2. The number of halogens is 7. The van der Waals surface area contributed by atoms with Gasteiger partial charge in [-0.3, -0.25) is 9.69 Å². The first-order chi connectivity index (χ1) is 10.6. The Morgan fingerprint density at radius 3 is 2.33 bits per heavy atom. The lowest BCUT2D eigenvalue weighted by atomic mass is 9.81. The highest BCUT2D eigenvalue weighted by Gasteiger charge is 2.51. The average Bonchev–Trinajstić information content (AvgIpc) is 2.48. The molecule has 24 heavy (non-hydrogen) atoms. The maximum absolute atomic E-state index is 13.9. The molecule has 0 radical (unpaired) electrons. The molecule has 1 aromatic carbocycles. The second kappa shape index (κ2) is 7.18. The van der Waals surface area contributed by atoms with E-state index in [9.17, 15) is 31.1 Å². The van der Waals surface area contributed by atoms with Gasteiger partial charge in [-0.1, -0.05) is 0 Å². The van der Waals surface area contributed by atoms with Crippen molar-refractivity contribution in [3.8, 4) is 0 Å². The molecule has 0 bridgehead atoms. The molecular formula is C14H15ClF6N2O. The van der Waals surface area contributed by atoms with Gasteiger partial charge in [0.05, 0.1) is 6.04 Å². The lowest BCUT2D eigenvalue weighted by Gasteiger charge is -2.44. The monoisotopic (exact) mass is 376 g/mol. The molecule has 3 atom stereocenters. The highest BCUT2D eigenvalue weighted by Crippen LogP contribution is 2.40. The summed E-state index contributed by atoms with van der Waals surface area (Å²) in [7, 11) is 0. The zero-order valence-electron chi connectivity index (χ0n) is 12.4. The number of rotatable bonds is 3. The minimum Gasteiger partial charge on any atom is -0.320 e. The van der Waals surface area contributed by atoms with Gasteiger partial charge in [-0.05, 0) is 25.5 Å². The molecule has 2 N–H and O–H groups in total. The molecule has 0 aliphatic carbocycles. The van der Waals surface area contributed by atoms with Crippen LogP contribution in [0.4, 0.5) is 26.3 Å². The van der Waals surface area contributed by atoms with E-state index in [0.29, 0.717) is 12.1 Å². The van der Waals surface area contributed by atoms with Crippen molar-refractivity contribution >= 4 is 18.3 Å². The molecule has 3 nitrogen and oxygen atoms in total. The molecular weight excluding hydrogens is 362 g/mol.